The highest BCUT2D eigenvalue weighted by atomic mass is 16.5. The number of likely N-dealkylation sites (N-methyl/N-ethyl adjacent to an activating group) is 2. The summed E-state index contributed by atoms with van der Waals surface area (Å²) in [5.41, 5.74) is 4.03. The van der Waals surface area contributed by atoms with Crippen LogP contribution in [0.25, 0.3) is 0 Å². The second kappa shape index (κ2) is 9.70. The number of carbonyl (C=O) groups excluding carboxylic acids is 2. The van der Waals surface area contributed by atoms with Crippen molar-refractivity contribution in [2.45, 2.75) is 12.5 Å². The Morgan fingerprint density at radius 3 is 2.55 bits per heavy atom. The summed E-state index contributed by atoms with van der Waals surface area (Å²) in [6, 6.07) is 11.3. The molecule has 0 fully saturated rings. The van der Waals surface area contributed by atoms with Gasteiger partial charge in [0.15, 0.2) is 0 Å². The number of rotatable bonds is 7. The van der Waals surface area contributed by atoms with Crippen LogP contribution in [0.1, 0.15) is 17.2 Å². The Labute approximate surface area is 183 Å². The van der Waals surface area contributed by atoms with Gasteiger partial charge in [-0.25, -0.2) is 0 Å². The fraction of sp³-hybridized carbons (Fsp3) is 0.391. The summed E-state index contributed by atoms with van der Waals surface area (Å²) in [5.74, 6) is -0.486. The van der Waals surface area contributed by atoms with E-state index in [1.165, 1.54) is 25.5 Å². The van der Waals surface area contributed by atoms with Crippen molar-refractivity contribution < 1.29 is 19.1 Å². The molecule has 0 aromatic heterocycles. The Kier molecular flexibility index (Phi) is 7.02. The Morgan fingerprint density at radius 2 is 1.87 bits per heavy atom. The predicted molar refractivity (Wildman–Crippen MR) is 121 cm³/mol. The van der Waals surface area contributed by atoms with E-state index >= 15 is 0 Å². The molecule has 1 atom stereocenters. The lowest BCUT2D eigenvalue weighted by Crippen LogP contribution is -2.40. The van der Waals surface area contributed by atoms with Crippen molar-refractivity contribution >= 4 is 23.2 Å². The van der Waals surface area contributed by atoms with Gasteiger partial charge in [0.25, 0.3) is 0 Å². The number of anilines is 2. The first-order valence-corrected chi connectivity index (χ1v) is 10.2. The Morgan fingerprint density at radius 1 is 1.10 bits per heavy atom. The third-order valence-electron chi connectivity index (χ3n) is 5.56. The van der Waals surface area contributed by atoms with Gasteiger partial charge in [0.05, 0.1) is 25.9 Å². The molecule has 0 radical (unpaired) electrons. The molecular formula is C23H30N4O4. The molecular weight excluding hydrogens is 396 g/mol. The zero-order valence-corrected chi connectivity index (χ0v) is 18.7. The van der Waals surface area contributed by atoms with Crippen LogP contribution in [0.3, 0.4) is 0 Å². The zero-order valence-electron chi connectivity index (χ0n) is 18.7. The molecule has 0 bridgehead atoms. The lowest BCUT2D eigenvalue weighted by Gasteiger charge is -2.26. The summed E-state index contributed by atoms with van der Waals surface area (Å²) in [7, 11) is 9.02. The molecule has 8 heteroatoms. The van der Waals surface area contributed by atoms with Crippen LogP contribution in [0.4, 0.5) is 11.4 Å². The molecule has 2 N–H and O–H groups in total. The third-order valence-corrected chi connectivity index (χ3v) is 5.56. The van der Waals surface area contributed by atoms with Crippen molar-refractivity contribution in [1.29, 1.82) is 0 Å². The minimum absolute atomic E-state index is 0.0562. The topological polar surface area (TPSA) is 83.1 Å². The summed E-state index contributed by atoms with van der Waals surface area (Å²) in [6.45, 7) is 1.32. The van der Waals surface area contributed by atoms with Gasteiger partial charge in [-0.2, -0.15) is 0 Å². The highest BCUT2D eigenvalue weighted by Crippen LogP contribution is 2.31. The van der Waals surface area contributed by atoms with E-state index in [0.29, 0.717) is 23.7 Å². The highest BCUT2D eigenvalue weighted by Gasteiger charge is 2.22. The van der Waals surface area contributed by atoms with Crippen molar-refractivity contribution in [3.63, 3.8) is 0 Å². The van der Waals surface area contributed by atoms with Crippen LogP contribution in [0.2, 0.25) is 0 Å². The fourth-order valence-electron chi connectivity index (χ4n) is 3.75. The maximum absolute atomic E-state index is 12.5. The van der Waals surface area contributed by atoms with Gasteiger partial charge < -0.3 is 29.9 Å². The minimum Gasteiger partial charge on any atom is -0.497 e. The SMILES string of the molecule is COc1ccc(OC)c(NC(=O)C(=O)NC[C@H](c2ccc3c(c2)CCN3C)N(C)C)c1. The van der Waals surface area contributed by atoms with Gasteiger partial charge >= 0.3 is 11.8 Å². The summed E-state index contributed by atoms with van der Waals surface area (Å²) < 4.78 is 10.4. The van der Waals surface area contributed by atoms with E-state index in [1.54, 1.807) is 18.2 Å². The molecule has 0 spiro atoms. The predicted octanol–water partition coefficient (Wildman–Crippen LogP) is 2.05. The van der Waals surface area contributed by atoms with Crippen molar-refractivity contribution in [3.05, 3.63) is 47.5 Å². The van der Waals surface area contributed by atoms with Crippen LogP contribution in [0, 0.1) is 0 Å². The molecule has 0 aliphatic carbocycles. The molecule has 2 aromatic rings. The first kappa shape index (κ1) is 22.4. The minimum atomic E-state index is -0.764. The molecule has 0 saturated heterocycles. The number of amides is 2. The number of hydrogen-bond donors (Lipinski definition) is 2. The Bertz CT molecular complexity index is 961. The average Bonchev–Trinajstić information content (AvgIpc) is 3.13. The van der Waals surface area contributed by atoms with Gasteiger partial charge in [0.1, 0.15) is 11.5 Å². The summed E-state index contributed by atoms with van der Waals surface area (Å²) >= 11 is 0. The van der Waals surface area contributed by atoms with Gasteiger partial charge in [0.2, 0.25) is 0 Å². The second-order valence-corrected chi connectivity index (χ2v) is 7.77. The normalized spacial score (nSPS) is 13.5. The van der Waals surface area contributed by atoms with Gasteiger partial charge in [-0.05, 0) is 49.8 Å². The van der Waals surface area contributed by atoms with Crippen LogP contribution in [0.5, 0.6) is 11.5 Å². The van der Waals surface area contributed by atoms with E-state index in [0.717, 1.165) is 18.5 Å². The third kappa shape index (κ3) is 5.08. The number of carbonyl (C=O) groups is 2. The summed E-state index contributed by atoms with van der Waals surface area (Å²) in [6.07, 6.45) is 1.01. The smallest absolute Gasteiger partial charge is 0.313 e. The molecule has 31 heavy (non-hydrogen) atoms. The summed E-state index contributed by atoms with van der Waals surface area (Å²) in [4.78, 5) is 29.2. The quantitative estimate of drug-likeness (QED) is 0.660. The monoisotopic (exact) mass is 426 g/mol. The van der Waals surface area contributed by atoms with E-state index in [9.17, 15) is 9.59 Å². The van der Waals surface area contributed by atoms with Crippen molar-refractivity contribution in [2.24, 2.45) is 0 Å². The number of methoxy groups -OCH3 is 2. The molecule has 1 aliphatic rings. The maximum atomic E-state index is 12.5. The number of nitrogens with zero attached hydrogens (tertiary/aromatic N) is 2. The highest BCUT2D eigenvalue weighted by molar-refractivity contribution is 6.39. The number of benzene rings is 2. The van der Waals surface area contributed by atoms with E-state index in [-0.39, 0.29) is 6.04 Å². The van der Waals surface area contributed by atoms with E-state index < -0.39 is 11.8 Å². The fourth-order valence-corrected chi connectivity index (χ4v) is 3.75. The van der Waals surface area contributed by atoms with E-state index in [4.69, 9.17) is 9.47 Å². The van der Waals surface area contributed by atoms with E-state index in [2.05, 4.69) is 40.8 Å². The maximum Gasteiger partial charge on any atom is 0.313 e. The molecule has 1 heterocycles. The van der Waals surface area contributed by atoms with Crippen LogP contribution in [-0.4, -0.2) is 65.2 Å². The van der Waals surface area contributed by atoms with Crippen molar-refractivity contribution in [1.82, 2.24) is 10.2 Å². The largest absolute Gasteiger partial charge is 0.497 e. The molecule has 166 valence electrons. The first-order chi connectivity index (χ1) is 14.8. The van der Waals surface area contributed by atoms with Crippen LogP contribution < -0.4 is 25.0 Å². The number of hydrogen-bond acceptors (Lipinski definition) is 6. The van der Waals surface area contributed by atoms with Gasteiger partial charge in [0, 0.05) is 31.9 Å². The molecule has 0 unspecified atom stereocenters. The average molecular weight is 427 g/mol. The lowest BCUT2D eigenvalue weighted by molar-refractivity contribution is -0.136. The van der Waals surface area contributed by atoms with Gasteiger partial charge in [-0.3, -0.25) is 9.59 Å². The van der Waals surface area contributed by atoms with E-state index in [1.807, 2.05) is 19.0 Å². The molecule has 2 aromatic carbocycles. The number of nitrogens with one attached hydrogen (secondary N) is 2. The van der Waals surface area contributed by atoms with Crippen molar-refractivity contribution in [2.75, 3.05) is 58.7 Å². The molecule has 2 amide bonds. The van der Waals surface area contributed by atoms with Gasteiger partial charge in [-0.1, -0.05) is 12.1 Å². The zero-order chi connectivity index (χ0) is 22.5. The molecule has 3 rings (SSSR count). The first-order valence-electron chi connectivity index (χ1n) is 10.2. The van der Waals surface area contributed by atoms with Crippen LogP contribution in [0.15, 0.2) is 36.4 Å². The van der Waals surface area contributed by atoms with Crippen molar-refractivity contribution in [3.8, 4) is 11.5 Å². The van der Waals surface area contributed by atoms with Crippen LogP contribution in [-0.2, 0) is 16.0 Å². The Balaban J connectivity index is 1.66. The second-order valence-electron chi connectivity index (χ2n) is 7.77. The standard InChI is InChI=1S/C23H30N4O4/c1-26(2)20(15-6-8-19-16(12-15)10-11-27(19)3)14-24-22(28)23(29)25-18-13-17(30-4)7-9-21(18)31-5/h6-9,12-13,20H,10-11,14H2,1-5H3,(H,24,28)(H,25,29)/t20-/m1/s1. The van der Waals surface area contributed by atoms with Gasteiger partial charge in [-0.15, -0.1) is 0 Å². The molecule has 8 nitrogen and oxygen atoms in total. The summed E-state index contributed by atoms with van der Waals surface area (Å²) in [5, 5.41) is 5.34. The van der Waals surface area contributed by atoms with Crippen LogP contribution >= 0.6 is 0 Å². The molecule has 0 saturated carbocycles. The molecule has 1 aliphatic heterocycles. The number of fused-ring (bicyclic) bond motifs is 1. The number of ether oxygens (including phenoxy) is 2. The lowest BCUT2D eigenvalue weighted by atomic mass is 10.0. The Hall–Kier alpha value is -3.26.